The van der Waals surface area contributed by atoms with Gasteiger partial charge in [-0.25, -0.2) is 0 Å². The van der Waals surface area contributed by atoms with Crippen molar-refractivity contribution in [3.05, 3.63) is 35.9 Å². The summed E-state index contributed by atoms with van der Waals surface area (Å²) in [6.07, 6.45) is 3.58. The highest BCUT2D eigenvalue weighted by Crippen LogP contribution is 2.36. The van der Waals surface area contributed by atoms with Crippen LogP contribution in [0.3, 0.4) is 0 Å². The molecule has 2 heteroatoms. The fourth-order valence-corrected chi connectivity index (χ4v) is 5.85. The van der Waals surface area contributed by atoms with Crippen LogP contribution in [0.5, 0.6) is 0 Å². The van der Waals surface area contributed by atoms with E-state index in [1.54, 1.807) is 0 Å². The molecule has 0 bridgehead atoms. The Bertz CT molecular complexity index is 329. The average Bonchev–Trinajstić information content (AvgIpc) is 2.33. The van der Waals surface area contributed by atoms with Crippen LogP contribution in [0.25, 0.3) is 0 Å². The van der Waals surface area contributed by atoms with Crippen LogP contribution in [-0.2, 0) is 0 Å². The first-order chi connectivity index (χ1) is 8.50. The summed E-state index contributed by atoms with van der Waals surface area (Å²) in [5.41, 5.74) is 1.99. The minimum Gasteiger partial charge on any atom is -0.396 e. The van der Waals surface area contributed by atoms with E-state index in [2.05, 4.69) is 56.9 Å². The normalized spacial score (nSPS) is 15.4. The summed E-state index contributed by atoms with van der Waals surface area (Å²) in [7, 11) is -1.32. The van der Waals surface area contributed by atoms with Gasteiger partial charge in [0.05, 0.1) is 8.07 Å². The van der Waals surface area contributed by atoms with Crippen LogP contribution in [0, 0.1) is 5.92 Å². The zero-order valence-electron chi connectivity index (χ0n) is 12.3. The van der Waals surface area contributed by atoms with E-state index in [1.807, 2.05) is 0 Å². The molecule has 0 radical (unpaired) electrons. The van der Waals surface area contributed by atoms with Gasteiger partial charge in [-0.2, -0.15) is 0 Å². The van der Waals surface area contributed by atoms with Crippen LogP contribution >= 0.6 is 0 Å². The largest absolute Gasteiger partial charge is 0.396 e. The molecule has 0 aliphatic heterocycles. The van der Waals surface area contributed by atoms with Gasteiger partial charge in [0.2, 0.25) is 0 Å². The number of aliphatic hydroxyl groups is 1. The van der Waals surface area contributed by atoms with E-state index >= 15 is 0 Å². The molecule has 1 N–H and O–H groups in total. The lowest BCUT2D eigenvalue weighted by Gasteiger charge is -2.35. The predicted octanol–water partition coefficient (Wildman–Crippen LogP) is 4.45. The fourth-order valence-electron chi connectivity index (χ4n) is 2.97. The van der Waals surface area contributed by atoms with E-state index in [9.17, 15) is 5.11 Å². The van der Waals surface area contributed by atoms with E-state index in [1.165, 1.54) is 18.4 Å². The summed E-state index contributed by atoms with van der Waals surface area (Å²) in [5.74, 6) is 0.430. The monoisotopic (exact) mass is 264 g/mol. The minimum absolute atomic E-state index is 0.323. The molecule has 102 valence electrons. The summed E-state index contributed by atoms with van der Waals surface area (Å²) >= 11 is 0. The molecular formula is C16H28OSi. The van der Waals surface area contributed by atoms with Crippen molar-refractivity contribution in [3.8, 4) is 0 Å². The second kappa shape index (κ2) is 7.10. The SMILES string of the molecule is CCCC[C@H](CO)[C@H](c1ccccc1)[Si](C)(C)C. The number of hydrogen-bond acceptors (Lipinski definition) is 1. The zero-order chi connectivity index (χ0) is 13.6. The quantitative estimate of drug-likeness (QED) is 0.722. The Morgan fingerprint density at radius 2 is 1.72 bits per heavy atom. The highest BCUT2D eigenvalue weighted by molar-refractivity contribution is 6.77. The molecule has 0 saturated heterocycles. The molecule has 0 unspecified atom stereocenters. The first kappa shape index (κ1) is 15.5. The van der Waals surface area contributed by atoms with E-state index in [0.717, 1.165) is 6.42 Å². The summed E-state index contributed by atoms with van der Waals surface area (Å²) in [4.78, 5) is 0. The summed E-state index contributed by atoms with van der Waals surface area (Å²) in [5, 5.41) is 9.77. The lowest BCUT2D eigenvalue weighted by molar-refractivity contribution is 0.209. The van der Waals surface area contributed by atoms with E-state index in [-0.39, 0.29) is 0 Å². The van der Waals surface area contributed by atoms with Crippen LogP contribution in [-0.4, -0.2) is 19.8 Å². The Labute approximate surface area is 113 Å². The van der Waals surface area contributed by atoms with Crippen molar-refractivity contribution in [1.29, 1.82) is 0 Å². The Morgan fingerprint density at radius 1 is 1.11 bits per heavy atom. The van der Waals surface area contributed by atoms with Gasteiger partial charge >= 0.3 is 0 Å². The summed E-state index contributed by atoms with van der Waals surface area (Å²) < 4.78 is 0. The lowest BCUT2D eigenvalue weighted by Crippen LogP contribution is -2.37. The molecule has 1 aromatic rings. The molecule has 0 fully saturated rings. The Hall–Kier alpha value is -0.603. The third-order valence-electron chi connectivity index (χ3n) is 3.73. The molecular weight excluding hydrogens is 236 g/mol. The third-order valence-corrected chi connectivity index (χ3v) is 6.40. The summed E-state index contributed by atoms with van der Waals surface area (Å²) in [6.45, 7) is 9.79. The van der Waals surface area contributed by atoms with E-state index in [0.29, 0.717) is 18.1 Å². The van der Waals surface area contributed by atoms with Crippen molar-refractivity contribution in [2.24, 2.45) is 5.92 Å². The van der Waals surface area contributed by atoms with Gasteiger partial charge in [0.25, 0.3) is 0 Å². The van der Waals surface area contributed by atoms with Gasteiger partial charge in [-0.05, 0) is 23.4 Å². The Morgan fingerprint density at radius 3 is 2.17 bits per heavy atom. The van der Waals surface area contributed by atoms with Crippen molar-refractivity contribution < 1.29 is 5.11 Å². The number of unbranched alkanes of at least 4 members (excludes halogenated alkanes) is 1. The second-order valence-corrected chi connectivity index (χ2v) is 11.7. The summed E-state index contributed by atoms with van der Waals surface area (Å²) in [6, 6.07) is 10.8. The maximum atomic E-state index is 9.77. The van der Waals surface area contributed by atoms with Crippen molar-refractivity contribution in [2.45, 2.75) is 51.4 Å². The lowest BCUT2D eigenvalue weighted by atomic mass is 9.94. The highest BCUT2D eigenvalue weighted by Gasteiger charge is 2.34. The Balaban J connectivity index is 2.97. The number of hydrogen-bond donors (Lipinski definition) is 1. The first-order valence-electron chi connectivity index (χ1n) is 7.16. The molecule has 1 nitrogen and oxygen atoms in total. The van der Waals surface area contributed by atoms with Gasteiger partial charge in [0, 0.05) is 6.61 Å². The van der Waals surface area contributed by atoms with Crippen LogP contribution in [0.1, 0.15) is 37.3 Å². The van der Waals surface area contributed by atoms with E-state index in [4.69, 9.17) is 0 Å². The van der Waals surface area contributed by atoms with Crippen molar-refractivity contribution in [2.75, 3.05) is 6.61 Å². The van der Waals surface area contributed by atoms with Crippen LogP contribution < -0.4 is 0 Å². The molecule has 1 rings (SSSR count). The maximum absolute atomic E-state index is 9.77. The van der Waals surface area contributed by atoms with Crippen LogP contribution in [0.15, 0.2) is 30.3 Å². The molecule has 0 heterocycles. The second-order valence-electron chi connectivity index (χ2n) is 6.34. The van der Waals surface area contributed by atoms with Crippen molar-refractivity contribution in [1.82, 2.24) is 0 Å². The third kappa shape index (κ3) is 4.25. The molecule has 0 aliphatic carbocycles. The molecule has 1 aromatic carbocycles. The van der Waals surface area contributed by atoms with Crippen molar-refractivity contribution in [3.63, 3.8) is 0 Å². The smallest absolute Gasteiger partial charge is 0.0526 e. The van der Waals surface area contributed by atoms with E-state index < -0.39 is 8.07 Å². The highest BCUT2D eigenvalue weighted by atomic mass is 28.3. The maximum Gasteiger partial charge on any atom is 0.0526 e. The first-order valence-corrected chi connectivity index (χ1v) is 10.7. The topological polar surface area (TPSA) is 20.2 Å². The fraction of sp³-hybridized carbons (Fsp3) is 0.625. The van der Waals surface area contributed by atoms with Gasteiger partial charge < -0.3 is 5.11 Å². The number of aliphatic hydroxyl groups excluding tert-OH is 1. The predicted molar refractivity (Wildman–Crippen MR) is 82.6 cm³/mol. The Kier molecular flexibility index (Phi) is 6.10. The number of rotatable bonds is 7. The molecule has 18 heavy (non-hydrogen) atoms. The average molecular weight is 264 g/mol. The van der Waals surface area contributed by atoms with Crippen LogP contribution in [0.2, 0.25) is 19.6 Å². The number of benzene rings is 1. The molecule has 0 saturated carbocycles. The van der Waals surface area contributed by atoms with Gasteiger partial charge in [-0.3, -0.25) is 0 Å². The standard InChI is InChI=1S/C16H28OSi/c1-5-6-10-15(13-17)16(18(2,3)4)14-11-8-7-9-12-14/h7-9,11-12,15-17H,5-6,10,13H2,1-4H3/t15-,16+/m1/s1. The molecule has 0 spiro atoms. The molecule has 0 amide bonds. The molecule has 0 aromatic heterocycles. The zero-order valence-corrected chi connectivity index (χ0v) is 13.3. The van der Waals surface area contributed by atoms with Gasteiger partial charge in [-0.1, -0.05) is 69.7 Å². The van der Waals surface area contributed by atoms with Gasteiger partial charge in [0.15, 0.2) is 0 Å². The molecule has 0 aliphatic rings. The molecule has 2 atom stereocenters. The van der Waals surface area contributed by atoms with Gasteiger partial charge in [0.1, 0.15) is 0 Å². The van der Waals surface area contributed by atoms with Gasteiger partial charge in [-0.15, -0.1) is 0 Å². The minimum atomic E-state index is -1.32. The van der Waals surface area contributed by atoms with Crippen molar-refractivity contribution >= 4 is 8.07 Å². The van der Waals surface area contributed by atoms with Crippen LogP contribution in [0.4, 0.5) is 0 Å².